The zero-order valence-electron chi connectivity index (χ0n) is 18.0. The summed E-state index contributed by atoms with van der Waals surface area (Å²) >= 11 is 0. The highest BCUT2D eigenvalue weighted by atomic mass is 16.2. The van der Waals surface area contributed by atoms with Crippen molar-refractivity contribution >= 4 is 22.5 Å². The second-order valence-corrected chi connectivity index (χ2v) is 8.41. The summed E-state index contributed by atoms with van der Waals surface area (Å²) in [6.07, 6.45) is 1.70. The molecule has 158 valence electrons. The molecule has 31 heavy (non-hydrogen) atoms. The number of rotatable bonds is 4. The summed E-state index contributed by atoms with van der Waals surface area (Å²) < 4.78 is 2.89. The Hall–Kier alpha value is -3.81. The van der Waals surface area contributed by atoms with Gasteiger partial charge in [0, 0.05) is 30.1 Å². The quantitative estimate of drug-likeness (QED) is 0.552. The van der Waals surface area contributed by atoms with E-state index < -0.39 is 0 Å². The molecule has 8 nitrogen and oxygen atoms in total. The lowest BCUT2D eigenvalue weighted by Crippen LogP contribution is -2.24. The van der Waals surface area contributed by atoms with Gasteiger partial charge in [-0.3, -0.25) is 9.59 Å². The highest BCUT2D eigenvalue weighted by molar-refractivity contribution is 5.95. The number of pyridine rings is 1. The predicted octanol–water partition coefficient (Wildman–Crippen LogP) is 2.99. The van der Waals surface area contributed by atoms with Gasteiger partial charge in [-0.1, -0.05) is 45.0 Å². The van der Waals surface area contributed by atoms with Crippen molar-refractivity contribution < 1.29 is 4.79 Å². The number of hydrogen-bond donors (Lipinski definition) is 1. The smallest absolute Gasteiger partial charge is 0.274 e. The van der Waals surface area contributed by atoms with Gasteiger partial charge in [-0.05, 0) is 18.2 Å². The Morgan fingerprint density at radius 1 is 1.03 bits per heavy atom. The molecule has 0 aliphatic rings. The molecule has 1 N–H and O–H groups in total. The van der Waals surface area contributed by atoms with Crippen LogP contribution in [-0.2, 0) is 23.7 Å². The van der Waals surface area contributed by atoms with Crippen LogP contribution in [0.4, 0.5) is 5.82 Å². The van der Waals surface area contributed by atoms with Gasteiger partial charge in [0.2, 0.25) is 5.91 Å². The van der Waals surface area contributed by atoms with Crippen LogP contribution in [0.15, 0.2) is 59.5 Å². The van der Waals surface area contributed by atoms with Crippen molar-refractivity contribution in [1.82, 2.24) is 24.5 Å². The van der Waals surface area contributed by atoms with E-state index in [-0.39, 0.29) is 23.3 Å². The van der Waals surface area contributed by atoms with E-state index in [9.17, 15) is 9.59 Å². The molecular formula is C23H24N6O2. The molecule has 0 atom stereocenters. The van der Waals surface area contributed by atoms with Gasteiger partial charge in [-0.15, -0.1) is 0 Å². The number of nitrogens with zero attached hydrogens (tertiary/aromatic N) is 5. The Morgan fingerprint density at radius 2 is 1.74 bits per heavy atom. The van der Waals surface area contributed by atoms with E-state index in [1.165, 1.54) is 4.68 Å². The van der Waals surface area contributed by atoms with Crippen LogP contribution in [0.3, 0.4) is 0 Å². The SMILES string of the molecule is Cn1nc(CC(=O)Nc2cc(C(C)(C)C)nn2-c2ccccn2)c2ccccc2c1=O. The fourth-order valence-electron chi connectivity index (χ4n) is 3.34. The third-order valence-corrected chi connectivity index (χ3v) is 4.97. The molecule has 8 heteroatoms. The van der Waals surface area contributed by atoms with Crippen LogP contribution in [0, 0.1) is 0 Å². The maximum atomic E-state index is 13.0. The summed E-state index contributed by atoms with van der Waals surface area (Å²) in [5.74, 6) is 0.885. The number of carbonyl (C=O) groups excluding carboxylic acids is 1. The number of fused-ring (bicyclic) bond motifs is 1. The van der Waals surface area contributed by atoms with Crippen molar-refractivity contribution in [2.75, 3.05) is 5.32 Å². The molecule has 3 aromatic heterocycles. The highest BCUT2D eigenvalue weighted by Crippen LogP contribution is 2.26. The van der Waals surface area contributed by atoms with Crippen molar-refractivity contribution in [3.05, 3.63) is 76.5 Å². The molecule has 0 radical (unpaired) electrons. The Kier molecular flexibility index (Phi) is 5.14. The zero-order valence-corrected chi connectivity index (χ0v) is 18.0. The molecule has 4 rings (SSSR count). The number of aromatic nitrogens is 5. The number of benzene rings is 1. The van der Waals surface area contributed by atoms with Crippen molar-refractivity contribution in [3.63, 3.8) is 0 Å². The van der Waals surface area contributed by atoms with E-state index >= 15 is 0 Å². The third kappa shape index (κ3) is 4.09. The number of aryl methyl sites for hydroxylation is 1. The summed E-state index contributed by atoms with van der Waals surface area (Å²) in [5, 5.41) is 13.1. The van der Waals surface area contributed by atoms with Gasteiger partial charge in [0.15, 0.2) is 5.82 Å². The maximum Gasteiger partial charge on any atom is 0.274 e. The van der Waals surface area contributed by atoms with Crippen LogP contribution in [0.2, 0.25) is 0 Å². The van der Waals surface area contributed by atoms with Crippen LogP contribution >= 0.6 is 0 Å². The summed E-state index contributed by atoms with van der Waals surface area (Å²) in [7, 11) is 1.59. The fraction of sp³-hybridized carbons (Fsp3) is 0.261. The first kappa shape index (κ1) is 20.5. The monoisotopic (exact) mass is 416 g/mol. The molecule has 0 unspecified atom stereocenters. The molecule has 0 spiro atoms. The van der Waals surface area contributed by atoms with Crippen LogP contribution in [-0.4, -0.2) is 30.5 Å². The average molecular weight is 416 g/mol. The fourth-order valence-corrected chi connectivity index (χ4v) is 3.34. The highest BCUT2D eigenvalue weighted by Gasteiger charge is 2.22. The number of carbonyl (C=O) groups is 1. The lowest BCUT2D eigenvalue weighted by Gasteiger charge is -2.13. The molecule has 0 fully saturated rings. The van der Waals surface area contributed by atoms with Crippen molar-refractivity contribution in [3.8, 4) is 5.82 Å². The van der Waals surface area contributed by atoms with Gasteiger partial charge in [0.1, 0.15) is 5.82 Å². The first-order valence-corrected chi connectivity index (χ1v) is 10.0. The maximum absolute atomic E-state index is 13.0. The Balaban J connectivity index is 1.68. The zero-order chi connectivity index (χ0) is 22.2. The standard InChI is InChI=1S/C23H24N6O2/c1-23(2,3)18-14-20(29(27-18)19-11-7-8-12-24-19)25-21(30)13-17-15-9-5-6-10-16(15)22(31)28(4)26-17/h5-12,14H,13H2,1-4H3,(H,25,30). The van der Waals surface area contributed by atoms with Crippen LogP contribution in [0.1, 0.15) is 32.2 Å². The van der Waals surface area contributed by atoms with Crippen molar-refractivity contribution in [2.45, 2.75) is 32.6 Å². The molecule has 1 aromatic carbocycles. The second kappa shape index (κ2) is 7.79. The largest absolute Gasteiger partial charge is 0.310 e. The van der Waals surface area contributed by atoms with E-state index in [1.807, 2.05) is 36.4 Å². The topological polar surface area (TPSA) is 94.7 Å². The molecule has 4 aromatic rings. The van der Waals surface area contributed by atoms with Gasteiger partial charge >= 0.3 is 0 Å². The number of hydrogen-bond acceptors (Lipinski definition) is 5. The van der Waals surface area contributed by atoms with E-state index in [0.29, 0.717) is 28.1 Å². The van der Waals surface area contributed by atoms with Gasteiger partial charge in [-0.25, -0.2) is 9.67 Å². The summed E-state index contributed by atoms with van der Waals surface area (Å²) in [6, 6.07) is 14.6. The molecule has 0 saturated carbocycles. The van der Waals surface area contributed by atoms with Crippen molar-refractivity contribution in [1.29, 1.82) is 0 Å². The lowest BCUT2D eigenvalue weighted by atomic mass is 9.92. The van der Waals surface area contributed by atoms with Gasteiger partial charge < -0.3 is 5.32 Å². The Labute approximate surface area is 179 Å². The number of amides is 1. The Bertz CT molecular complexity index is 1320. The van der Waals surface area contributed by atoms with E-state index in [2.05, 4.69) is 41.3 Å². The first-order valence-electron chi connectivity index (χ1n) is 10.0. The van der Waals surface area contributed by atoms with Crippen LogP contribution in [0.5, 0.6) is 0 Å². The van der Waals surface area contributed by atoms with Gasteiger partial charge in [0.05, 0.1) is 23.2 Å². The normalized spacial score (nSPS) is 11.6. The minimum atomic E-state index is -0.256. The number of anilines is 1. The van der Waals surface area contributed by atoms with Crippen LogP contribution < -0.4 is 10.9 Å². The molecule has 0 bridgehead atoms. The third-order valence-electron chi connectivity index (χ3n) is 4.97. The molecule has 0 saturated heterocycles. The Morgan fingerprint density at radius 3 is 2.42 bits per heavy atom. The van der Waals surface area contributed by atoms with E-state index in [0.717, 1.165) is 5.69 Å². The molecule has 1 amide bonds. The summed E-state index contributed by atoms with van der Waals surface area (Å²) in [5.41, 5.74) is 0.978. The predicted molar refractivity (Wildman–Crippen MR) is 119 cm³/mol. The molecule has 0 aliphatic heterocycles. The average Bonchev–Trinajstić information content (AvgIpc) is 3.16. The van der Waals surface area contributed by atoms with Gasteiger partial charge in [0.25, 0.3) is 5.56 Å². The minimum Gasteiger partial charge on any atom is -0.310 e. The van der Waals surface area contributed by atoms with E-state index in [4.69, 9.17) is 0 Å². The van der Waals surface area contributed by atoms with Crippen LogP contribution in [0.25, 0.3) is 16.6 Å². The first-order chi connectivity index (χ1) is 14.7. The molecular weight excluding hydrogens is 392 g/mol. The van der Waals surface area contributed by atoms with Crippen molar-refractivity contribution in [2.24, 2.45) is 7.05 Å². The lowest BCUT2D eigenvalue weighted by molar-refractivity contribution is -0.115. The minimum absolute atomic E-state index is 0.0207. The van der Waals surface area contributed by atoms with Gasteiger partial charge in [-0.2, -0.15) is 14.9 Å². The summed E-state index contributed by atoms with van der Waals surface area (Å²) in [6.45, 7) is 6.18. The molecule has 0 aliphatic carbocycles. The number of nitrogens with one attached hydrogen (secondary N) is 1. The second-order valence-electron chi connectivity index (χ2n) is 8.41. The van der Waals surface area contributed by atoms with E-state index in [1.54, 1.807) is 30.1 Å². The molecule has 3 heterocycles. The summed E-state index contributed by atoms with van der Waals surface area (Å²) in [4.78, 5) is 29.7.